The number of hydrogen-bond acceptors (Lipinski definition) is 3. The summed E-state index contributed by atoms with van der Waals surface area (Å²) in [6.07, 6.45) is 1.09. The van der Waals surface area contributed by atoms with Crippen molar-refractivity contribution in [2.75, 3.05) is 6.61 Å². The molecule has 3 nitrogen and oxygen atoms in total. The van der Waals surface area contributed by atoms with E-state index < -0.39 is 0 Å². The Morgan fingerprint density at radius 3 is 3.00 bits per heavy atom. The van der Waals surface area contributed by atoms with Crippen molar-refractivity contribution >= 4 is 6.47 Å². The summed E-state index contributed by atoms with van der Waals surface area (Å²) in [6, 6.07) is 0. The highest BCUT2D eigenvalue weighted by molar-refractivity contribution is 5.38. The van der Waals surface area contributed by atoms with Crippen LogP contribution in [0.1, 0.15) is 13.3 Å². The number of carbonyl (C=O) groups is 1. The molecule has 0 bridgehead atoms. The molecule has 1 saturated carbocycles. The molecule has 1 aliphatic carbocycles. The molecule has 1 aliphatic rings. The summed E-state index contributed by atoms with van der Waals surface area (Å²) in [7, 11) is 0. The number of hydrogen-bond donors (Lipinski definition) is 0. The predicted molar refractivity (Wildman–Crippen MR) is 31.0 cm³/mol. The maximum absolute atomic E-state index is 9.73. The molecule has 52 valence electrons. The average molecular weight is 130 g/mol. The lowest BCUT2D eigenvalue weighted by atomic mass is 10.7. The van der Waals surface area contributed by atoms with Crippen LogP contribution in [0.2, 0.25) is 0 Å². The molecule has 9 heavy (non-hydrogen) atoms. The second-order valence-electron chi connectivity index (χ2n) is 2.00. The van der Waals surface area contributed by atoms with Gasteiger partial charge in [0.2, 0.25) is 0 Å². The molecule has 0 spiro atoms. The zero-order valence-electron chi connectivity index (χ0n) is 5.37. The molecule has 0 aromatic carbocycles. The summed E-state index contributed by atoms with van der Waals surface area (Å²) in [5.74, 6) is 0. The summed E-state index contributed by atoms with van der Waals surface area (Å²) < 4.78 is 9.75. The predicted octanol–water partition coefficient (Wildman–Crippen LogP) is 0.337. The van der Waals surface area contributed by atoms with Crippen LogP contribution in [0.25, 0.3) is 0 Å². The van der Waals surface area contributed by atoms with E-state index in [4.69, 9.17) is 4.74 Å². The molecular formula is C6H10O3. The zero-order valence-corrected chi connectivity index (χ0v) is 5.37. The summed E-state index contributed by atoms with van der Waals surface area (Å²) in [4.78, 5) is 9.73. The van der Waals surface area contributed by atoms with Gasteiger partial charge in [0, 0.05) is 13.0 Å². The van der Waals surface area contributed by atoms with Crippen LogP contribution in [0.3, 0.4) is 0 Å². The van der Waals surface area contributed by atoms with E-state index in [1.807, 2.05) is 6.92 Å². The molecule has 0 amide bonds. The standard InChI is InChI=1S/C6H10O3/c1-2-8-5-3-6(5)9-4-7/h4-6H,2-3H2,1H3. The lowest BCUT2D eigenvalue weighted by molar-refractivity contribution is -0.131. The van der Waals surface area contributed by atoms with Gasteiger partial charge < -0.3 is 9.47 Å². The Kier molecular flexibility index (Phi) is 2.05. The van der Waals surface area contributed by atoms with Crippen LogP contribution in [0, 0.1) is 0 Å². The molecule has 2 atom stereocenters. The molecule has 0 saturated heterocycles. The number of ether oxygens (including phenoxy) is 2. The Labute approximate surface area is 53.9 Å². The minimum absolute atomic E-state index is 0.0439. The topological polar surface area (TPSA) is 35.5 Å². The Morgan fingerprint density at radius 2 is 2.44 bits per heavy atom. The van der Waals surface area contributed by atoms with Crippen LogP contribution >= 0.6 is 0 Å². The van der Waals surface area contributed by atoms with Gasteiger partial charge in [0.05, 0.1) is 6.10 Å². The van der Waals surface area contributed by atoms with E-state index in [1.165, 1.54) is 0 Å². The van der Waals surface area contributed by atoms with E-state index in [-0.39, 0.29) is 12.2 Å². The molecule has 0 radical (unpaired) electrons. The van der Waals surface area contributed by atoms with Crippen molar-refractivity contribution in [1.82, 2.24) is 0 Å². The van der Waals surface area contributed by atoms with Crippen LogP contribution in [-0.4, -0.2) is 25.3 Å². The molecule has 1 rings (SSSR count). The third-order valence-corrected chi connectivity index (χ3v) is 1.29. The van der Waals surface area contributed by atoms with Crippen molar-refractivity contribution in [3.05, 3.63) is 0 Å². The quantitative estimate of drug-likeness (QED) is 0.515. The monoisotopic (exact) mass is 130 g/mol. The van der Waals surface area contributed by atoms with Crippen molar-refractivity contribution in [1.29, 1.82) is 0 Å². The molecule has 0 N–H and O–H groups in total. The minimum Gasteiger partial charge on any atom is -0.462 e. The Bertz CT molecular complexity index is 102. The summed E-state index contributed by atoms with van der Waals surface area (Å²) in [5.41, 5.74) is 0. The number of rotatable bonds is 4. The molecule has 0 heterocycles. The van der Waals surface area contributed by atoms with Crippen LogP contribution in [0.4, 0.5) is 0 Å². The van der Waals surface area contributed by atoms with Gasteiger partial charge in [0.15, 0.2) is 0 Å². The molecule has 3 heteroatoms. The van der Waals surface area contributed by atoms with Crippen LogP contribution in [-0.2, 0) is 14.3 Å². The van der Waals surface area contributed by atoms with Crippen LogP contribution < -0.4 is 0 Å². The van der Waals surface area contributed by atoms with E-state index in [2.05, 4.69) is 4.74 Å². The Morgan fingerprint density at radius 1 is 1.67 bits per heavy atom. The number of carbonyl (C=O) groups excluding carboxylic acids is 1. The lowest BCUT2D eigenvalue weighted by Gasteiger charge is -1.95. The SMILES string of the molecule is CCOC1CC1OC=O. The Hall–Kier alpha value is -0.570. The van der Waals surface area contributed by atoms with Crippen molar-refractivity contribution in [2.24, 2.45) is 0 Å². The van der Waals surface area contributed by atoms with Crippen molar-refractivity contribution < 1.29 is 14.3 Å². The summed E-state index contributed by atoms with van der Waals surface area (Å²) in [6.45, 7) is 3.10. The fourth-order valence-electron chi connectivity index (χ4n) is 0.754. The second-order valence-corrected chi connectivity index (χ2v) is 2.00. The van der Waals surface area contributed by atoms with Gasteiger partial charge in [-0.1, -0.05) is 0 Å². The van der Waals surface area contributed by atoms with Crippen LogP contribution in [0.5, 0.6) is 0 Å². The summed E-state index contributed by atoms with van der Waals surface area (Å²) >= 11 is 0. The fraction of sp³-hybridized carbons (Fsp3) is 0.833. The molecule has 1 fully saturated rings. The lowest BCUT2D eigenvalue weighted by Crippen LogP contribution is -2.01. The zero-order chi connectivity index (χ0) is 6.69. The first-order valence-electron chi connectivity index (χ1n) is 3.09. The average Bonchev–Trinajstić information content (AvgIpc) is 2.50. The second kappa shape index (κ2) is 2.82. The van der Waals surface area contributed by atoms with Gasteiger partial charge >= 0.3 is 0 Å². The van der Waals surface area contributed by atoms with Crippen molar-refractivity contribution in [3.8, 4) is 0 Å². The highest BCUT2D eigenvalue weighted by Gasteiger charge is 2.40. The molecule has 0 aromatic heterocycles. The van der Waals surface area contributed by atoms with E-state index in [1.54, 1.807) is 0 Å². The molecule has 0 aliphatic heterocycles. The maximum Gasteiger partial charge on any atom is 0.293 e. The normalized spacial score (nSPS) is 31.7. The van der Waals surface area contributed by atoms with Crippen molar-refractivity contribution in [2.45, 2.75) is 25.6 Å². The van der Waals surface area contributed by atoms with E-state index in [0.717, 1.165) is 6.42 Å². The van der Waals surface area contributed by atoms with Gasteiger partial charge in [-0.15, -0.1) is 0 Å². The van der Waals surface area contributed by atoms with Gasteiger partial charge in [-0.25, -0.2) is 0 Å². The maximum atomic E-state index is 9.73. The third kappa shape index (κ3) is 1.68. The van der Waals surface area contributed by atoms with Gasteiger partial charge in [0.1, 0.15) is 6.10 Å². The van der Waals surface area contributed by atoms with Gasteiger partial charge in [0.25, 0.3) is 6.47 Å². The first-order chi connectivity index (χ1) is 4.38. The minimum atomic E-state index is 0.0439. The van der Waals surface area contributed by atoms with Gasteiger partial charge in [-0.2, -0.15) is 0 Å². The molecule has 2 unspecified atom stereocenters. The highest BCUT2D eigenvalue weighted by atomic mass is 16.6. The first kappa shape index (κ1) is 6.55. The molecule has 0 aromatic rings. The van der Waals surface area contributed by atoms with E-state index in [9.17, 15) is 4.79 Å². The van der Waals surface area contributed by atoms with E-state index in [0.29, 0.717) is 13.1 Å². The fourth-order valence-corrected chi connectivity index (χ4v) is 0.754. The summed E-state index contributed by atoms with van der Waals surface area (Å²) in [5, 5.41) is 0. The van der Waals surface area contributed by atoms with Crippen LogP contribution in [0.15, 0.2) is 0 Å². The largest absolute Gasteiger partial charge is 0.462 e. The van der Waals surface area contributed by atoms with Gasteiger partial charge in [-0.3, -0.25) is 4.79 Å². The first-order valence-corrected chi connectivity index (χ1v) is 3.09. The van der Waals surface area contributed by atoms with E-state index >= 15 is 0 Å². The van der Waals surface area contributed by atoms with Gasteiger partial charge in [-0.05, 0) is 6.92 Å². The highest BCUT2D eigenvalue weighted by Crippen LogP contribution is 2.27. The Balaban J connectivity index is 2.02. The smallest absolute Gasteiger partial charge is 0.293 e. The third-order valence-electron chi connectivity index (χ3n) is 1.29. The molecular weight excluding hydrogens is 120 g/mol. The van der Waals surface area contributed by atoms with Crippen molar-refractivity contribution in [3.63, 3.8) is 0 Å².